The molecule has 1 aliphatic rings. The Balaban J connectivity index is 1.15. The van der Waals surface area contributed by atoms with Crippen molar-refractivity contribution in [2.45, 2.75) is 12.3 Å². The molecule has 0 amide bonds. The summed E-state index contributed by atoms with van der Waals surface area (Å²) in [5.41, 5.74) is 9.70. The van der Waals surface area contributed by atoms with Gasteiger partial charge in [0, 0.05) is 38.6 Å². The predicted molar refractivity (Wildman–Crippen MR) is 210 cm³/mol. The molecule has 7 aromatic carbocycles. The molecule has 0 spiro atoms. The van der Waals surface area contributed by atoms with Crippen LogP contribution in [0, 0.1) is 0 Å². The van der Waals surface area contributed by atoms with Gasteiger partial charge in [0.05, 0.1) is 0 Å². The zero-order valence-electron chi connectivity index (χ0n) is 28.0. The molecule has 1 aliphatic carbocycles. The van der Waals surface area contributed by atoms with Gasteiger partial charge in [0.2, 0.25) is 0 Å². The van der Waals surface area contributed by atoms with Crippen LogP contribution in [0.25, 0.3) is 94.6 Å². The van der Waals surface area contributed by atoms with Crippen molar-refractivity contribution >= 4 is 60.7 Å². The highest BCUT2D eigenvalue weighted by Crippen LogP contribution is 2.41. The van der Waals surface area contributed by atoms with Crippen LogP contribution >= 0.6 is 0 Å². The summed E-state index contributed by atoms with van der Waals surface area (Å²) < 4.78 is 12.9. The molecule has 1 unspecified atom stereocenters. The molecule has 11 rings (SSSR count). The number of aromatic nitrogens is 3. The van der Waals surface area contributed by atoms with E-state index in [0.717, 1.165) is 83.8 Å². The summed E-state index contributed by atoms with van der Waals surface area (Å²) in [5.74, 6) is 2.00. The molecule has 0 aliphatic heterocycles. The van der Waals surface area contributed by atoms with Gasteiger partial charge in [0.25, 0.3) is 0 Å². The Labute approximate surface area is 298 Å². The Morgan fingerprint density at radius 2 is 1.17 bits per heavy atom. The van der Waals surface area contributed by atoms with Crippen LogP contribution in [-0.2, 0) is 6.42 Å². The van der Waals surface area contributed by atoms with Gasteiger partial charge >= 0.3 is 0 Å². The topological polar surface area (TPSA) is 65.0 Å². The summed E-state index contributed by atoms with van der Waals surface area (Å²) in [6, 6.07) is 50.4. The minimum Gasteiger partial charge on any atom is -0.456 e. The molecular formula is C47H29N3O2. The van der Waals surface area contributed by atoms with Crippen LogP contribution in [0.15, 0.2) is 161 Å². The maximum Gasteiger partial charge on any atom is 0.164 e. The SMILES string of the molecule is C1=CC(c2nc(-c3ccc4ccccc4c3)nc(-c3cc(-c4ccc5c(c4)oc4ccccc45)cc4oc5ccccc5c34)n2)Cc2ccccc21. The lowest BCUT2D eigenvalue weighted by molar-refractivity contribution is 0.668. The third kappa shape index (κ3) is 4.67. The van der Waals surface area contributed by atoms with E-state index in [2.05, 4.69) is 121 Å². The van der Waals surface area contributed by atoms with Crippen molar-refractivity contribution in [2.75, 3.05) is 0 Å². The fourth-order valence-corrected chi connectivity index (χ4v) is 7.82. The summed E-state index contributed by atoms with van der Waals surface area (Å²) >= 11 is 0. The Hall–Kier alpha value is -6.85. The van der Waals surface area contributed by atoms with E-state index in [1.54, 1.807) is 0 Å². The number of furan rings is 2. The van der Waals surface area contributed by atoms with Gasteiger partial charge in [-0.3, -0.25) is 0 Å². The van der Waals surface area contributed by atoms with Crippen LogP contribution in [0.2, 0.25) is 0 Å². The summed E-state index contributed by atoms with van der Waals surface area (Å²) in [6.07, 6.45) is 5.24. The first-order chi connectivity index (χ1) is 25.7. The second-order valence-electron chi connectivity index (χ2n) is 13.6. The number of allylic oxidation sites excluding steroid dienone is 1. The minimum absolute atomic E-state index is 0.00823. The Morgan fingerprint density at radius 1 is 0.481 bits per heavy atom. The van der Waals surface area contributed by atoms with E-state index in [-0.39, 0.29) is 5.92 Å². The van der Waals surface area contributed by atoms with Crippen molar-refractivity contribution < 1.29 is 8.83 Å². The van der Waals surface area contributed by atoms with Gasteiger partial charge in [-0.2, -0.15) is 0 Å². The van der Waals surface area contributed by atoms with E-state index in [4.69, 9.17) is 23.8 Å². The molecule has 10 aromatic rings. The maximum atomic E-state index is 6.56. The fourth-order valence-electron chi connectivity index (χ4n) is 7.82. The summed E-state index contributed by atoms with van der Waals surface area (Å²) in [4.78, 5) is 15.8. The van der Waals surface area contributed by atoms with Gasteiger partial charge < -0.3 is 8.83 Å². The smallest absolute Gasteiger partial charge is 0.164 e. The standard InChI is InChI=1S/C47H29N3O2/c1-3-11-30-23-33(19-17-28(30)9-1)45-48-46(34-20-18-29-10-2-4-12-31(29)24-34)50-47(49-45)39-25-35(27-43-44(39)38-14-6-8-16-41(38)52-43)32-21-22-37-36-13-5-7-15-40(36)51-42(37)26-32/h1-23,25-27,34H,24H2. The van der Waals surface area contributed by atoms with Crippen LogP contribution in [-0.4, -0.2) is 15.0 Å². The van der Waals surface area contributed by atoms with Gasteiger partial charge in [-0.1, -0.05) is 115 Å². The van der Waals surface area contributed by atoms with Crippen LogP contribution in [0.4, 0.5) is 0 Å². The van der Waals surface area contributed by atoms with Crippen molar-refractivity contribution in [1.29, 1.82) is 0 Å². The highest BCUT2D eigenvalue weighted by molar-refractivity contribution is 6.13. The van der Waals surface area contributed by atoms with E-state index in [1.165, 1.54) is 16.5 Å². The van der Waals surface area contributed by atoms with E-state index < -0.39 is 0 Å². The van der Waals surface area contributed by atoms with Crippen molar-refractivity contribution in [3.8, 4) is 33.9 Å². The Bertz CT molecular complexity index is 3080. The van der Waals surface area contributed by atoms with Crippen molar-refractivity contribution in [3.63, 3.8) is 0 Å². The molecule has 0 saturated heterocycles. The van der Waals surface area contributed by atoms with Gasteiger partial charge in [-0.25, -0.2) is 15.0 Å². The minimum atomic E-state index is -0.00823. The number of hydrogen-bond acceptors (Lipinski definition) is 5. The lowest BCUT2D eigenvalue weighted by Crippen LogP contribution is -2.12. The molecular weight excluding hydrogens is 639 g/mol. The molecule has 244 valence electrons. The highest BCUT2D eigenvalue weighted by atomic mass is 16.3. The first-order valence-electron chi connectivity index (χ1n) is 17.6. The molecule has 0 bridgehead atoms. The quantitative estimate of drug-likeness (QED) is 0.187. The number of fused-ring (bicyclic) bond motifs is 8. The first-order valence-corrected chi connectivity index (χ1v) is 17.6. The van der Waals surface area contributed by atoms with E-state index in [0.29, 0.717) is 11.6 Å². The number of rotatable bonds is 4. The van der Waals surface area contributed by atoms with Crippen molar-refractivity contribution in [2.24, 2.45) is 0 Å². The van der Waals surface area contributed by atoms with Gasteiger partial charge in [-0.15, -0.1) is 0 Å². The second-order valence-corrected chi connectivity index (χ2v) is 13.6. The molecule has 0 N–H and O–H groups in total. The molecule has 3 heterocycles. The highest BCUT2D eigenvalue weighted by Gasteiger charge is 2.24. The third-order valence-electron chi connectivity index (χ3n) is 10.4. The van der Waals surface area contributed by atoms with E-state index >= 15 is 0 Å². The monoisotopic (exact) mass is 667 g/mol. The molecule has 5 heteroatoms. The summed E-state index contributed by atoms with van der Waals surface area (Å²) in [6.45, 7) is 0. The molecule has 1 atom stereocenters. The van der Waals surface area contributed by atoms with Crippen LogP contribution in [0.3, 0.4) is 0 Å². The summed E-state index contributed by atoms with van der Waals surface area (Å²) in [7, 11) is 0. The Morgan fingerprint density at radius 3 is 2.10 bits per heavy atom. The molecule has 5 nitrogen and oxygen atoms in total. The van der Waals surface area contributed by atoms with Crippen LogP contribution < -0.4 is 0 Å². The predicted octanol–water partition coefficient (Wildman–Crippen LogP) is 12.2. The zero-order valence-corrected chi connectivity index (χ0v) is 28.0. The maximum absolute atomic E-state index is 6.56. The summed E-state index contributed by atoms with van der Waals surface area (Å²) in [5, 5.41) is 6.52. The van der Waals surface area contributed by atoms with Gasteiger partial charge in [0.1, 0.15) is 28.2 Å². The van der Waals surface area contributed by atoms with E-state index in [9.17, 15) is 0 Å². The molecule has 0 radical (unpaired) electrons. The normalized spacial score (nSPS) is 14.2. The number of hydrogen-bond donors (Lipinski definition) is 0. The first kappa shape index (κ1) is 28.9. The van der Waals surface area contributed by atoms with Crippen molar-refractivity contribution in [3.05, 3.63) is 169 Å². The van der Waals surface area contributed by atoms with Gasteiger partial charge in [0.15, 0.2) is 11.6 Å². The zero-order chi connectivity index (χ0) is 34.2. The lowest BCUT2D eigenvalue weighted by Gasteiger charge is -2.19. The molecule has 0 fully saturated rings. The van der Waals surface area contributed by atoms with Crippen LogP contribution in [0.5, 0.6) is 0 Å². The number of benzene rings is 7. The average Bonchev–Trinajstić information content (AvgIpc) is 3.78. The van der Waals surface area contributed by atoms with Gasteiger partial charge in [-0.05, 0) is 81.9 Å². The number of para-hydroxylation sites is 2. The molecule has 0 saturated carbocycles. The third-order valence-corrected chi connectivity index (χ3v) is 10.4. The average molecular weight is 668 g/mol. The number of nitrogens with zero attached hydrogens (tertiary/aromatic N) is 3. The fraction of sp³-hybridized carbons (Fsp3) is 0.0426. The van der Waals surface area contributed by atoms with E-state index in [1.807, 2.05) is 36.4 Å². The molecule has 3 aromatic heterocycles. The largest absolute Gasteiger partial charge is 0.456 e. The lowest BCUT2D eigenvalue weighted by atomic mass is 9.89. The van der Waals surface area contributed by atoms with Crippen molar-refractivity contribution in [1.82, 2.24) is 15.0 Å². The second kappa shape index (κ2) is 11.3. The molecule has 52 heavy (non-hydrogen) atoms. The van der Waals surface area contributed by atoms with Crippen LogP contribution in [0.1, 0.15) is 22.9 Å². The Kier molecular flexibility index (Phi) is 6.31.